The molecule has 13 heavy (non-hydrogen) atoms. The van der Waals surface area contributed by atoms with Gasteiger partial charge < -0.3 is 5.32 Å². The van der Waals surface area contributed by atoms with Gasteiger partial charge in [-0.3, -0.25) is 9.78 Å². The van der Waals surface area contributed by atoms with Crippen molar-refractivity contribution in [3.05, 3.63) is 29.6 Å². The molecule has 3 nitrogen and oxygen atoms in total. The highest BCUT2D eigenvalue weighted by Gasteiger charge is 2.00. The Labute approximate surface area is 78.2 Å². The Bertz CT molecular complexity index is 297. The SMILES string of the molecule is CCC(=O)NCc1ncccc1C. The maximum Gasteiger partial charge on any atom is 0.220 e. The van der Waals surface area contributed by atoms with Crippen molar-refractivity contribution in [1.29, 1.82) is 0 Å². The molecule has 0 saturated carbocycles. The summed E-state index contributed by atoms with van der Waals surface area (Å²) in [5, 5.41) is 2.79. The molecular weight excluding hydrogens is 164 g/mol. The minimum atomic E-state index is 0.0602. The molecule has 3 heteroatoms. The molecule has 1 rings (SSSR count). The number of aryl methyl sites for hydroxylation is 1. The van der Waals surface area contributed by atoms with E-state index in [1.807, 2.05) is 26.0 Å². The fourth-order valence-corrected chi connectivity index (χ4v) is 1.01. The molecule has 0 bridgehead atoms. The third kappa shape index (κ3) is 2.86. The van der Waals surface area contributed by atoms with Crippen LogP contribution in [0.5, 0.6) is 0 Å². The number of amides is 1. The van der Waals surface area contributed by atoms with Crippen molar-refractivity contribution in [3.63, 3.8) is 0 Å². The van der Waals surface area contributed by atoms with Gasteiger partial charge in [0.05, 0.1) is 12.2 Å². The second kappa shape index (κ2) is 4.60. The number of aromatic nitrogens is 1. The van der Waals surface area contributed by atoms with Crippen LogP contribution in [0.2, 0.25) is 0 Å². The molecule has 0 atom stereocenters. The van der Waals surface area contributed by atoms with E-state index in [0.717, 1.165) is 11.3 Å². The first-order chi connectivity index (χ1) is 6.24. The zero-order chi connectivity index (χ0) is 9.68. The average Bonchev–Trinajstić information content (AvgIpc) is 2.16. The molecule has 0 aliphatic carbocycles. The molecule has 0 aliphatic heterocycles. The number of carbonyl (C=O) groups is 1. The Morgan fingerprint density at radius 2 is 2.38 bits per heavy atom. The van der Waals surface area contributed by atoms with Crippen LogP contribution in [0.3, 0.4) is 0 Å². The largest absolute Gasteiger partial charge is 0.350 e. The second-order valence-electron chi connectivity index (χ2n) is 2.90. The minimum Gasteiger partial charge on any atom is -0.350 e. The first kappa shape index (κ1) is 9.71. The number of hydrogen-bond donors (Lipinski definition) is 1. The van der Waals surface area contributed by atoms with E-state index in [4.69, 9.17) is 0 Å². The molecular formula is C10H14N2O. The van der Waals surface area contributed by atoms with E-state index in [1.165, 1.54) is 0 Å². The summed E-state index contributed by atoms with van der Waals surface area (Å²) in [7, 11) is 0. The smallest absolute Gasteiger partial charge is 0.220 e. The number of rotatable bonds is 3. The minimum absolute atomic E-state index is 0.0602. The van der Waals surface area contributed by atoms with Crippen LogP contribution < -0.4 is 5.32 Å². The maximum atomic E-state index is 11.0. The second-order valence-corrected chi connectivity index (χ2v) is 2.90. The van der Waals surface area contributed by atoms with Gasteiger partial charge in [0.15, 0.2) is 0 Å². The zero-order valence-electron chi connectivity index (χ0n) is 8.00. The first-order valence-corrected chi connectivity index (χ1v) is 4.41. The normalized spacial score (nSPS) is 9.69. The van der Waals surface area contributed by atoms with Crippen LogP contribution in [0.25, 0.3) is 0 Å². The molecule has 1 aromatic heterocycles. The van der Waals surface area contributed by atoms with E-state index >= 15 is 0 Å². The molecule has 70 valence electrons. The Balaban J connectivity index is 2.54. The summed E-state index contributed by atoms with van der Waals surface area (Å²) >= 11 is 0. The quantitative estimate of drug-likeness (QED) is 0.760. The molecule has 0 aromatic carbocycles. The van der Waals surface area contributed by atoms with Crippen LogP contribution in [0.4, 0.5) is 0 Å². The van der Waals surface area contributed by atoms with Crippen molar-refractivity contribution in [2.75, 3.05) is 0 Å². The summed E-state index contributed by atoms with van der Waals surface area (Å²) < 4.78 is 0. The molecule has 0 unspecified atom stereocenters. The monoisotopic (exact) mass is 178 g/mol. The molecule has 0 aliphatic rings. The van der Waals surface area contributed by atoms with E-state index in [2.05, 4.69) is 10.3 Å². The highest BCUT2D eigenvalue weighted by Crippen LogP contribution is 2.01. The van der Waals surface area contributed by atoms with Crippen molar-refractivity contribution in [2.24, 2.45) is 0 Å². The third-order valence-corrected chi connectivity index (χ3v) is 1.89. The Morgan fingerprint density at radius 1 is 1.62 bits per heavy atom. The van der Waals surface area contributed by atoms with E-state index < -0.39 is 0 Å². The predicted octanol–water partition coefficient (Wildman–Crippen LogP) is 1.42. The van der Waals surface area contributed by atoms with Crippen LogP contribution in [0.15, 0.2) is 18.3 Å². The van der Waals surface area contributed by atoms with Gasteiger partial charge in [0.25, 0.3) is 0 Å². The third-order valence-electron chi connectivity index (χ3n) is 1.89. The lowest BCUT2D eigenvalue weighted by Gasteiger charge is -2.04. The number of nitrogens with one attached hydrogen (secondary N) is 1. The fraction of sp³-hybridized carbons (Fsp3) is 0.400. The van der Waals surface area contributed by atoms with Crippen molar-refractivity contribution < 1.29 is 4.79 Å². The number of hydrogen-bond acceptors (Lipinski definition) is 2. The van der Waals surface area contributed by atoms with Crippen LogP contribution in [0, 0.1) is 6.92 Å². The van der Waals surface area contributed by atoms with Gasteiger partial charge in [-0.25, -0.2) is 0 Å². The molecule has 0 fully saturated rings. The van der Waals surface area contributed by atoms with Crippen LogP contribution in [0.1, 0.15) is 24.6 Å². The molecule has 0 spiro atoms. The Morgan fingerprint density at radius 3 is 3.00 bits per heavy atom. The van der Waals surface area contributed by atoms with E-state index in [1.54, 1.807) is 6.20 Å². The summed E-state index contributed by atoms with van der Waals surface area (Å²) in [5.74, 6) is 0.0602. The predicted molar refractivity (Wildman–Crippen MR) is 51.1 cm³/mol. The van der Waals surface area contributed by atoms with Crippen molar-refractivity contribution >= 4 is 5.91 Å². The standard InChI is InChI=1S/C10H14N2O/c1-3-10(13)12-7-9-8(2)5-4-6-11-9/h4-6H,3,7H2,1-2H3,(H,12,13). The fourth-order valence-electron chi connectivity index (χ4n) is 1.01. The highest BCUT2D eigenvalue weighted by atomic mass is 16.1. The number of carbonyl (C=O) groups excluding carboxylic acids is 1. The van der Waals surface area contributed by atoms with Gasteiger partial charge in [0.2, 0.25) is 5.91 Å². The molecule has 1 aromatic rings. The lowest BCUT2D eigenvalue weighted by Crippen LogP contribution is -2.22. The summed E-state index contributed by atoms with van der Waals surface area (Å²) in [4.78, 5) is 15.1. The lowest BCUT2D eigenvalue weighted by molar-refractivity contribution is -0.120. The van der Waals surface area contributed by atoms with Gasteiger partial charge in [0, 0.05) is 12.6 Å². The number of pyridine rings is 1. The van der Waals surface area contributed by atoms with Gasteiger partial charge in [-0.15, -0.1) is 0 Å². The van der Waals surface area contributed by atoms with Gasteiger partial charge in [-0.2, -0.15) is 0 Å². The van der Waals surface area contributed by atoms with E-state index in [0.29, 0.717) is 13.0 Å². The van der Waals surface area contributed by atoms with Crippen molar-refractivity contribution in [3.8, 4) is 0 Å². The molecule has 1 heterocycles. The van der Waals surface area contributed by atoms with Gasteiger partial charge in [0.1, 0.15) is 0 Å². The van der Waals surface area contributed by atoms with E-state index in [-0.39, 0.29) is 5.91 Å². The maximum absolute atomic E-state index is 11.0. The molecule has 1 amide bonds. The van der Waals surface area contributed by atoms with Crippen molar-refractivity contribution in [1.82, 2.24) is 10.3 Å². The van der Waals surface area contributed by atoms with Gasteiger partial charge >= 0.3 is 0 Å². The average molecular weight is 178 g/mol. The Kier molecular flexibility index (Phi) is 3.43. The summed E-state index contributed by atoms with van der Waals surface area (Å²) in [5.41, 5.74) is 2.04. The zero-order valence-corrected chi connectivity index (χ0v) is 8.00. The topological polar surface area (TPSA) is 42.0 Å². The van der Waals surface area contributed by atoms with Gasteiger partial charge in [-0.1, -0.05) is 13.0 Å². The molecule has 0 radical (unpaired) electrons. The lowest BCUT2D eigenvalue weighted by atomic mass is 10.2. The summed E-state index contributed by atoms with van der Waals surface area (Å²) in [6, 6.07) is 3.88. The number of nitrogens with zero attached hydrogens (tertiary/aromatic N) is 1. The Hall–Kier alpha value is -1.38. The summed E-state index contributed by atoms with van der Waals surface area (Å²) in [6.07, 6.45) is 2.26. The molecule has 0 saturated heterocycles. The highest BCUT2D eigenvalue weighted by molar-refractivity contribution is 5.75. The van der Waals surface area contributed by atoms with Crippen LogP contribution in [-0.4, -0.2) is 10.9 Å². The first-order valence-electron chi connectivity index (χ1n) is 4.41. The van der Waals surface area contributed by atoms with Crippen LogP contribution >= 0.6 is 0 Å². The van der Waals surface area contributed by atoms with Crippen molar-refractivity contribution in [2.45, 2.75) is 26.8 Å². The molecule has 1 N–H and O–H groups in total. The van der Waals surface area contributed by atoms with E-state index in [9.17, 15) is 4.79 Å². The summed E-state index contributed by atoms with van der Waals surface area (Å²) in [6.45, 7) is 4.35. The van der Waals surface area contributed by atoms with Crippen LogP contribution in [-0.2, 0) is 11.3 Å². The van der Waals surface area contributed by atoms with Gasteiger partial charge in [-0.05, 0) is 18.6 Å².